The predicted molar refractivity (Wildman–Crippen MR) is 123 cm³/mol. The Labute approximate surface area is 189 Å². The molecule has 1 amide bonds. The Hall–Kier alpha value is -3.02. The third-order valence-electron chi connectivity index (χ3n) is 5.42. The fourth-order valence-electron chi connectivity index (χ4n) is 3.90. The normalized spacial score (nSPS) is 13.6. The molecule has 0 aliphatic carbocycles. The molecule has 1 N–H and O–H groups in total. The molecule has 31 heavy (non-hydrogen) atoms. The van der Waals surface area contributed by atoms with Gasteiger partial charge in [-0.2, -0.15) is 0 Å². The molecule has 0 saturated heterocycles. The van der Waals surface area contributed by atoms with E-state index in [0.29, 0.717) is 35.3 Å². The molecule has 0 bridgehead atoms. The summed E-state index contributed by atoms with van der Waals surface area (Å²) in [4.78, 5) is 22.6. The Morgan fingerprint density at radius 3 is 2.71 bits per heavy atom. The van der Waals surface area contributed by atoms with Crippen molar-refractivity contribution in [1.82, 2.24) is 14.9 Å². The number of nitrogens with zero attached hydrogens (tertiary/aromatic N) is 2. The monoisotopic (exact) mass is 451 g/mol. The van der Waals surface area contributed by atoms with Gasteiger partial charge in [-0.15, -0.1) is 0 Å². The molecule has 5 rings (SSSR count). The molecule has 156 valence electrons. The summed E-state index contributed by atoms with van der Waals surface area (Å²) in [5, 5.41) is 0.847. The number of fused-ring (bicyclic) bond motifs is 2. The number of imidazole rings is 1. The lowest BCUT2D eigenvalue weighted by Crippen LogP contribution is -2.32. The van der Waals surface area contributed by atoms with Crippen LogP contribution in [0.1, 0.15) is 21.7 Å². The molecule has 5 nitrogen and oxygen atoms in total. The molecule has 0 fully saturated rings. The minimum absolute atomic E-state index is 0.141. The Balaban J connectivity index is 1.47. The molecule has 2 heterocycles. The molecule has 1 aliphatic rings. The largest absolute Gasteiger partial charge is 0.491 e. The Bertz CT molecular complexity index is 1320. The maximum absolute atomic E-state index is 13.1. The zero-order valence-corrected chi connectivity index (χ0v) is 18.3. The van der Waals surface area contributed by atoms with E-state index in [1.54, 1.807) is 23.1 Å². The zero-order chi connectivity index (χ0) is 21.5. The van der Waals surface area contributed by atoms with Crippen LogP contribution in [-0.2, 0) is 6.54 Å². The number of hydrogen-bond donors (Lipinski definition) is 1. The highest BCUT2D eigenvalue weighted by atomic mass is 35.5. The van der Waals surface area contributed by atoms with Crippen LogP contribution < -0.4 is 4.74 Å². The summed E-state index contributed by atoms with van der Waals surface area (Å²) < 4.78 is 5.91. The highest BCUT2D eigenvalue weighted by molar-refractivity contribution is 6.36. The van der Waals surface area contributed by atoms with Crippen molar-refractivity contribution >= 4 is 40.1 Å². The molecular weight excluding hydrogens is 433 g/mol. The average molecular weight is 452 g/mol. The number of aromatic nitrogens is 2. The number of carbonyl (C=O) groups is 1. The van der Waals surface area contributed by atoms with Gasteiger partial charge in [0.05, 0.1) is 28.2 Å². The molecule has 0 saturated carbocycles. The molecule has 1 aromatic heterocycles. The number of benzene rings is 3. The summed E-state index contributed by atoms with van der Waals surface area (Å²) in [5.74, 6) is 1.54. The lowest BCUT2D eigenvalue weighted by Gasteiger charge is -2.20. The fourth-order valence-corrected chi connectivity index (χ4v) is 4.39. The molecule has 0 radical (unpaired) electrons. The first-order chi connectivity index (χ1) is 15.0. The number of aromatic amines is 1. The number of nitrogens with one attached hydrogen (secondary N) is 1. The van der Waals surface area contributed by atoms with Gasteiger partial charge in [-0.05, 0) is 60.5 Å². The van der Waals surface area contributed by atoms with Crippen molar-refractivity contribution in [2.45, 2.75) is 13.5 Å². The van der Waals surface area contributed by atoms with E-state index in [2.05, 4.69) is 28.2 Å². The van der Waals surface area contributed by atoms with E-state index in [1.807, 2.05) is 25.1 Å². The van der Waals surface area contributed by atoms with Crippen LogP contribution in [0.25, 0.3) is 22.2 Å². The van der Waals surface area contributed by atoms with Gasteiger partial charge in [0, 0.05) is 17.1 Å². The van der Waals surface area contributed by atoms with Crippen LogP contribution in [0.5, 0.6) is 5.75 Å². The fraction of sp³-hybridized carbons (Fsp3) is 0.167. The van der Waals surface area contributed by atoms with E-state index in [0.717, 1.165) is 39.3 Å². The van der Waals surface area contributed by atoms with Crippen LogP contribution in [0.4, 0.5) is 0 Å². The third-order valence-corrected chi connectivity index (χ3v) is 5.97. The lowest BCUT2D eigenvalue weighted by atomic mass is 10.0. The molecule has 0 unspecified atom stereocenters. The second kappa shape index (κ2) is 7.91. The number of hydrogen-bond acceptors (Lipinski definition) is 3. The van der Waals surface area contributed by atoms with Crippen molar-refractivity contribution < 1.29 is 9.53 Å². The van der Waals surface area contributed by atoms with Crippen molar-refractivity contribution in [1.29, 1.82) is 0 Å². The number of amides is 1. The zero-order valence-electron chi connectivity index (χ0n) is 16.8. The predicted octanol–water partition coefficient (Wildman–Crippen LogP) is 5.88. The minimum Gasteiger partial charge on any atom is -0.491 e. The summed E-state index contributed by atoms with van der Waals surface area (Å²) >= 11 is 12.2. The van der Waals surface area contributed by atoms with Gasteiger partial charge in [-0.25, -0.2) is 4.98 Å². The van der Waals surface area contributed by atoms with Crippen molar-refractivity contribution in [3.05, 3.63) is 81.6 Å². The van der Waals surface area contributed by atoms with Gasteiger partial charge < -0.3 is 14.6 Å². The second-order valence-corrected chi connectivity index (χ2v) is 8.42. The Morgan fingerprint density at radius 1 is 1.06 bits per heavy atom. The summed E-state index contributed by atoms with van der Waals surface area (Å²) in [6, 6.07) is 17.2. The first-order valence-corrected chi connectivity index (χ1v) is 10.7. The third kappa shape index (κ3) is 3.87. The van der Waals surface area contributed by atoms with E-state index in [9.17, 15) is 4.79 Å². The number of carbonyl (C=O) groups excluding carboxylic acids is 1. The van der Waals surface area contributed by atoms with Gasteiger partial charge in [-0.1, -0.05) is 35.3 Å². The maximum Gasteiger partial charge on any atom is 0.255 e. The molecular formula is C24H19Cl2N3O2. The van der Waals surface area contributed by atoms with Crippen LogP contribution in [0, 0.1) is 6.92 Å². The molecule has 0 spiro atoms. The Kier molecular flexibility index (Phi) is 5.08. The number of rotatable bonds is 2. The Morgan fingerprint density at radius 2 is 1.87 bits per heavy atom. The highest BCUT2D eigenvalue weighted by Gasteiger charge is 2.23. The molecule has 7 heteroatoms. The van der Waals surface area contributed by atoms with E-state index in [4.69, 9.17) is 27.9 Å². The molecule has 1 aliphatic heterocycles. The summed E-state index contributed by atoms with van der Waals surface area (Å²) in [6.45, 7) is 3.27. The molecule has 3 aromatic carbocycles. The number of ether oxygens (including phenoxy) is 1. The average Bonchev–Trinajstić information content (AvgIpc) is 2.98. The van der Waals surface area contributed by atoms with Gasteiger partial charge in [0.2, 0.25) is 0 Å². The number of halogens is 2. The summed E-state index contributed by atoms with van der Waals surface area (Å²) in [5.41, 5.74) is 5.45. The first kappa shape index (κ1) is 19.9. The second-order valence-electron chi connectivity index (χ2n) is 7.58. The van der Waals surface area contributed by atoms with E-state index in [1.165, 1.54) is 0 Å². The van der Waals surface area contributed by atoms with Crippen LogP contribution in [0.3, 0.4) is 0 Å². The van der Waals surface area contributed by atoms with Crippen molar-refractivity contribution in [3.8, 4) is 16.9 Å². The van der Waals surface area contributed by atoms with Crippen LogP contribution in [0.2, 0.25) is 10.0 Å². The van der Waals surface area contributed by atoms with Gasteiger partial charge in [0.25, 0.3) is 5.91 Å². The number of aryl methyl sites for hydroxylation is 1. The van der Waals surface area contributed by atoms with Gasteiger partial charge in [0.15, 0.2) is 0 Å². The van der Waals surface area contributed by atoms with Gasteiger partial charge in [-0.3, -0.25) is 4.79 Å². The lowest BCUT2D eigenvalue weighted by molar-refractivity contribution is 0.0733. The van der Waals surface area contributed by atoms with E-state index in [-0.39, 0.29) is 5.91 Å². The SMILES string of the molecule is Cc1nc2ccc(-c3ccc4c(c3)CN(C(=O)c3ccc(Cl)cc3Cl)CCO4)cc2[nH]1. The standard InChI is InChI=1S/C24H19Cl2N3O2/c1-14-27-21-6-2-16(11-22(21)28-14)15-3-7-23-17(10-15)13-29(8-9-31-23)24(30)19-5-4-18(25)12-20(19)26/h2-7,10-12H,8-9,13H2,1H3,(H,27,28). The summed E-state index contributed by atoms with van der Waals surface area (Å²) in [6.07, 6.45) is 0. The van der Waals surface area contributed by atoms with E-state index >= 15 is 0 Å². The maximum atomic E-state index is 13.1. The van der Waals surface area contributed by atoms with Crippen molar-refractivity contribution in [2.24, 2.45) is 0 Å². The first-order valence-electron chi connectivity index (χ1n) is 9.95. The summed E-state index contributed by atoms with van der Waals surface area (Å²) in [7, 11) is 0. The van der Waals surface area contributed by atoms with Gasteiger partial charge in [0.1, 0.15) is 18.2 Å². The van der Waals surface area contributed by atoms with Gasteiger partial charge >= 0.3 is 0 Å². The quantitative estimate of drug-likeness (QED) is 0.413. The van der Waals surface area contributed by atoms with E-state index < -0.39 is 0 Å². The highest BCUT2D eigenvalue weighted by Crippen LogP contribution is 2.31. The van der Waals surface area contributed by atoms with Crippen molar-refractivity contribution in [2.75, 3.05) is 13.2 Å². The minimum atomic E-state index is -0.141. The molecule has 0 atom stereocenters. The van der Waals surface area contributed by atoms with Crippen LogP contribution >= 0.6 is 23.2 Å². The topological polar surface area (TPSA) is 58.2 Å². The smallest absolute Gasteiger partial charge is 0.255 e. The van der Waals surface area contributed by atoms with Crippen molar-refractivity contribution in [3.63, 3.8) is 0 Å². The van der Waals surface area contributed by atoms with Crippen LogP contribution in [-0.4, -0.2) is 33.9 Å². The number of H-pyrrole nitrogens is 1. The van der Waals surface area contributed by atoms with Crippen LogP contribution in [0.15, 0.2) is 54.6 Å². The molecule has 4 aromatic rings.